The molecule has 1 amide bonds. The van der Waals surface area contributed by atoms with Gasteiger partial charge in [-0.05, 0) is 32.0 Å². The molecular weight excluding hydrogens is 302 g/mol. The summed E-state index contributed by atoms with van der Waals surface area (Å²) in [6.07, 6.45) is 0. The molecule has 0 bridgehead atoms. The summed E-state index contributed by atoms with van der Waals surface area (Å²) in [5, 5.41) is 2.81. The van der Waals surface area contributed by atoms with Gasteiger partial charge in [0.05, 0.1) is 11.3 Å². The lowest BCUT2D eigenvalue weighted by atomic mass is 10.0. The van der Waals surface area contributed by atoms with E-state index in [9.17, 15) is 9.59 Å². The molecule has 24 heavy (non-hydrogen) atoms. The van der Waals surface area contributed by atoms with Crippen LogP contribution in [-0.2, 0) is 0 Å². The number of rotatable bonds is 4. The molecule has 0 aliphatic rings. The second kappa shape index (κ2) is 6.54. The Balaban J connectivity index is 1.91. The Bertz CT molecular complexity index is 894. The maximum atomic E-state index is 12.7. The zero-order valence-electron chi connectivity index (χ0n) is 13.5. The minimum Gasteiger partial charge on any atom is -0.466 e. The highest BCUT2D eigenvalue weighted by molar-refractivity contribution is 6.15. The van der Waals surface area contributed by atoms with Crippen LogP contribution >= 0.6 is 0 Å². The number of benzene rings is 2. The third kappa shape index (κ3) is 3.13. The molecule has 3 rings (SSSR count). The molecule has 1 N–H and O–H groups in total. The van der Waals surface area contributed by atoms with E-state index < -0.39 is 0 Å². The minimum absolute atomic E-state index is 0.133. The van der Waals surface area contributed by atoms with Crippen molar-refractivity contribution in [2.45, 2.75) is 13.8 Å². The predicted molar refractivity (Wildman–Crippen MR) is 92.5 cm³/mol. The van der Waals surface area contributed by atoms with Crippen molar-refractivity contribution in [3.05, 3.63) is 88.9 Å². The first kappa shape index (κ1) is 15.7. The minimum atomic E-state index is -0.294. The van der Waals surface area contributed by atoms with E-state index in [1.165, 1.54) is 0 Å². The van der Waals surface area contributed by atoms with Crippen molar-refractivity contribution in [3.63, 3.8) is 0 Å². The Kier molecular flexibility index (Phi) is 4.29. The standard InChI is InChI=1S/C20H17NO3/c1-13-12-17(14(2)24-13)20(23)21-18-11-7-6-10-16(18)19(22)15-8-4-3-5-9-15/h3-12H,1-2H3,(H,21,23). The molecule has 120 valence electrons. The largest absolute Gasteiger partial charge is 0.466 e. The number of ketones is 1. The number of carbonyl (C=O) groups excluding carboxylic acids is 2. The van der Waals surface area contributed by atoms with Crippen LogP contribution in [0.15, 0.2) is 65.1 Å². The first-order valence-electron chi connectivity index (χ1n) is 7.63. The first-order valence-corrected chi connectivity index (χ1v) is 7.63. The second-order valence-corrected chi connectivity index (χ2v) is 5.52. The van der Waals surface area contributed by atoms with E-state index in [1.807, 2.05) is 18.2 Å². The van der Waals surface area contributed by atoms with Crippen LogP contribution in [0.4, 0.5) is 5.69 Å². The van der Waals surface area contributed by atoms with E-state index in [4.69, 9.17) is 4.42 Å². The third-order valence-electron chi connectivity index (χ3n) is 3.74. The van der Waals surface area contributed by atoms with Gasteiger partial charge in [-0.1, -0.05) is 42.5 Å². The van der Waals surface area contributed by atoms with Crippen LogP contribution in [0, 0.1) is 13.8 Å². The zero-order chi connectivity index (χ0) is 17.1. The molecule has 0 saturated carbocycles. The number of carbonyl (C=O) groups is 2. The highest BCUT2D eigenvalue weighted by Crippen LogP contribution is 2.21. The molecule has 3 aromatic rings. The van der Waals surface area contributed by atoms with Gasteiger partial charge in [-0.25, -0.2) is 0 Å². The maximum absolute atomic E-state index is 12.7. The molecular formula is C20H17NO3. The zero-order valence-corrected chi connectivity index (χ0v) is 13.5. The number of amides is 1. The maximum Gasteiger partial charge on any atom is 0.259 e. The van der Waals surface area contributed by atoms with Crippen LogP contribution in [0.1, 0.15) is 37.8 Å². The lowest BCUT2D eigenvalue weighted by Gasteiger charge is -2.10. The van der Waals surface area contributed by atoms with E-state index in [0.717, 1.165) is 0 Å². The van der Waals surface area contributed by atoms with Crippen molar-refractivity contribution in [1.29, 1.82) is 0 Å². The summed E-state index contributed by atoms with van der Waals surface area (Å²) in [6, 6.07) is 17.7. The van der Waals surface area contributed by atoms with Gasteiger partial charge >= 0.3 is 0 Å². The van der Waals surface area contributed by atoms with Gasteiger partial charge in [-0.3, -0.25) is 9.59 Å². The van der Waals surface area contributed by atoms with Crippen LogP contribution < -0.4 is 5.32 Å². The molecule has 0 unspecified atom stereocenters. The summed E-state index contributed by atoms with van der Waals surface area (Å²) >= 11 is 0. The Hall–Kier alpha value is -3.14. The summed E-state index contributed by atoms with van der Waals surface area (Å²) in [5.74, 6) is 0.799. The molecule has 0 aliphatic carbocycles. The van der Waals surface area contributed by atoms with Gasteiger partial charge in [-0.15, -0.1) is 0 Å². The van der Waals surface area contributed by atoms with Gasteiger partial charge in [0, 0.05) is 11.1 Å². The van der Waals surface area contributed by atoms with Crippen molar-refractivity contribution in [1.82, 2.24) is 0 Å². The monoisotopic (exact) mass is 319 g/mol. The van der Waals surface area contributed by atoms with E-state index in [0.29, 0.717) is 33.9 Å². The molecule has 0 atom stereocenters. The Morgan fingerprint density at radius 1 is 0.875 bits per heavy atom. The summed E-state index contributed by atoms with van der Waals surface area (Å²) < 4.78 is 5.39. The Morgan fingerprint density at radius 2 is 1.54 bits per heavy atom. The third-order valence-corrected chi connectivity index (χ3v) is 3.74. The first-order chi connectivity index (χ1) is 11.6. The number of hydrogen-bond acceptors (Lipinski definition) is 3. The summed E-state index contributed by atoms with van der Waals surface area (Å²) in [7, 11) is 0. The SMILES string of the molecule is Cc1cc(C(=O)Nc2ccccc2C(=O)c2ccccc2)c(C)o1. The number of nitrogens with one attached hydrogen (secondary N) is 1. The van der Waals surface area contributed by atoms with E-state index in [1.54, 1.807) is 56.3 Å². The smallest absolute Gasteiger partial charge is 0.259 e. The van der Waals surface area contributed by atoms with Crippen molar-refractivity contribution in [3.8, 4) is 0 Å². The van der Waals surface area contributed by atoms with Crippen LogP contribution in [0.3, 0.4) is 0 Å². The van der Waals surface area contributed by atoms with E-state index >= 15 is 0 Å². The van der Waals surface area contributed by atoms with Crippen molar-refractivity contribution in [2.75, 3.05) is 5.32 Å². The predicted octanol–water partition coefficient (Wildman–Crippen LogP) is 4.38. The fourth-order valence-electron chi connectivity index (χ4n) is 2.58. The van der Waals surface area contributed by atoms with E-state index in [2.05, 4.69) is 5.32 Å². The van der Waals surface area contributed by atoms with E-state index in [-0.39, 0.29) is 11.7 Å². The summed E-state index contributed by atoms with van der Waals surface area (Å²) in [4.78, 5) is 25.2. The number of anilines is 1. The number of para-hydroxylation sites is 1. The second-order valence-electron chi connectivity index (χ2n) is 5.52. The lowest BCUT2D eigenvalue weighted by molar-refractivity contribution is 0.102. The van der Waals surface area contributed by atoms with Gasteiger partial charge in [-0.2, -0.15) is 0 Å². The van der Waals surface area contributed by atoms with Gasteiger partial charge in [0.1, 0.15) is 11.5 Å². The van der Waals surface area contributed by atoms with Crippen LogP contribution in [-0.4, -0.2) is 11.7 Å². The highest BCUT2D eigenvalue weighted by Gasteiger charge is 2.18. The average Bonchev–Trinajstić information content (AvgIpc) is 2.94. The highest BCUT2D eigenvalue weighted by atomic mass is 16.3. The molecule has 1 aromatic heterocycles. The molecule has 0 fully saturated rings. The molecule has 0 spiro atoms. The topological polar surface area (TPSA) is 59.3 Å². The van der Waals surface area contributed by atoms with Gasteiger partial charge in [0.2, 0.25) is 0 Å². The van der Waals surface area contributed by atoms with Crippen LogP contribution in [0.5, 0.6) is 0 Å². The molecule has 4 nitrogen and oxygen atoms in total. The van der Waals surface area contributed by atoms with Crippen molar-refractivity contribution in [2.24, 2.45) is 0 Å². The summed E-state index contributed by atoms with van der Waals surface area (Å²) in [6.45, 7) is 3.53. The fraction of sp³-hybridized carbons (Fsp3) is 0.100. The van der Waals surface area contributed by atoms with Crippen molar-refractivity contribution >= 4 is 17.4 Å². The lowest BCUT2D eigenvalue weighted by Crippen LogP contribution is -2.15. The summed E-state index contributed by atoms with van der Waals surface area (Å²) in [5.41, 5.74) is 1.98. The van der Waals surface area contributed by atoms with Gasteiger partial charge in [0.15, 0.2) is 5.78 Å². The average molecular weight is 319 g/mol. The fourth-order valence-corrected chi connectivity index (χ4v) is 2.58. The van der Waals surface area contributed by atoms with Gasteiger partial charge in [0.25, 0.3) is 5.91 Å². The van der Waals surface area contributed by atoms with Crippen LogP contribution in [0.2, 0.25) is 0 Å². The van der Waals surface area contributed by atoms with Crippen LogP contribution in [0.25, 0.3) is 0 Å². The Labute approximate surface area is 140 Å². The molecule has 4 heteroatoms. The molecule has 2 aromatic carbocycles. The van der Waals surface area contributed by atoms with Gasteiger partial charge < -0.3 is 9.73 Å². The number of furan rings is 1. The molecule has 0 aliphatic heterocycles. The Morgan fingerprint density at radius 3 is 2.21 bits per heavy atom. The molecule has 0 saturated heterocycles. The normalized spacial score (nSPS) is 10.4. The van der Waals surface area contributed by atoms with Crippen molar-refractivity contribution < 1.29 is 14.0 Å². The molecule has 0 radical (unpaired) electrons. The number of hydrogen-bond donors (Lipinski definition) is 1. The number of aryl methyl sites for hydroxylation is 2. The molecule has 1 heterocycles. The quantitative estimate of drug-likeness (QED) is 0.726.